The Bertz CT molecular complexity index is 1160. The molecule has 3 rings (SSSR count). The normalized spacial score (nSPS) is 11.5. The number of aromatic nitrogens is 3. The van der Waals surface area contributed by atoms with E-state index in [1.807, 2.05) is 0 Å². The molecule has 0 aliphatic carbocycles. The van der Waals surface area contributed by atoms with E-state index in [0.717, 1.165) is 16.8 Å². The molecule has 9 nitrogen and oxygen atoms in total. The van der Waals surface area contributed by atoms with E-state index in [1.54, 1.807) is 7.05 Å². The Morgan fingerprint density at radius 3 is 2.45 bits per heavy atom. The van der Waals surface area contributed by atoms with Crippen LogP contribution in [0.3, 0.4) is 0 Å². The zero-order valence-corrected chi connectivity index (χ0v) is 18.6. The van der Waals surface area contributed by atoms with Gasteiger partial charge in [-0.05, 0) is 37.4 Å². The van der Waals surface area contributed by atoms with Gasteiger partial charge < -0.3 is 14.8 Å². The number of rotatable bonds is 9. The molecule has 0 aliphatic rings. The third kappa shape index (κ3) is 6.91. The summed E-state index contributed by atoms with van der Waals surface area (Å²) in [6, 6.07) is 7.78. The van der Waals surface area contributed by atoms with E-state index in [2.05, 4.69) is 20.1 Å². The van der Waals surface area contributed by atoms with Crippen LogP contribution in [0.1, 0.15) is 0 Å². The molecule has 2 heterocycles. The van der Waals surface area contributed by atoms with Crippen molar-refractivity contribution in [3.63, 3.8) is 0 Å². The van der Waals surface area contributed by atoms with Gasteiger partial charge in [0.15, 0.2) is 0 Å². The van der Waals surface area contributed by atoms with E-state index in [9.17, 15) is 22.2 Å². The predicted molar refractivity (Wildman–Crippen MR) is 116 cm³/mol. The van der Waals surface area contributed by atoms with Crippen molar-refractivity contribution in [3.8, 4) is 23.1 Å². The molecular weight excluding hydrogens is 487 g/mol. The molecule has 0 aliphatic heterocycles. The summed E-state index contributed by atoms with van der Waals surface area (Å²) in [7, 11) is 1.66. The molecule has 3 aromatic rings. The Hall–Kier alpha value is -3.16. The maximum atomic E-state index is 12.6. The standard InChI is InChI=1S/C19H17ClF3N5O4S/c1-27(33-30)9-8-24-15-11-26-28(18(29)17(15)20)12-2-7-16(25-10-12)31-13-3-5-14(6-4-13)32-19(21,22)23/h2-7,10-11,24,33H,8-9H2,1H3. The Morgan fingerprint density at radius 2 is 1.85 bits per heavy atom. The molecule has 0 atom stereocenters. The second kappa shape index (κ2) is 10.6. The zero-order chi connectivity index (χ0) is 24.0. The fourth-order valence-corrected chi connectivity index (χ4v) is 2.90. The van der Waals surface area contributed by atoms with E-state index >= 15 is 0 Å². The number of thiol groups is 1. The van der Waals surface area contributed by atoms with Crippen molar-refractivity contribution < 1.29 is 26.9 Å². The average Bonchev–Trinajstić information content (AvgIpc) is 2.77. The highest BCUT2D eigenvalue weighted by atomic mass is 35.5. The van der Waals surface area contributed by atoms with Crippen LogP contribution in [0.5, 0.6) is 17.4 Å². The molecule has 14 heteroatoms. The third-order valence-corrected chi connectivity index (χ3v) is 4.90. The van der Waals surface area contributed by atoms with Crippen molar-refractivity contribution >= 4 is 29.1 Å². The molecule has 0 saturated carbocycles. The van der Waals surface area contributed by atoms with Crippen molar-refractivity contribution in [2.75, 3.05) is 25.5 Å². The van der Waals surface area contributed by atoms with Gasteiger partial charge in [0.05, 0.1) is 35.6 Å². The van der Waals surface area contributed by atoms with Crippen LogP contribution in [0, 0.1) is 0 Å². The first-order valence-corrected chi connectivity index (χ1v) is 10.4. The van der Waals surface area contributed by atoms with E-state index in [-0.39, 0.29) is 34.3 Å². The minimum Gasteiger partial charge on any atom is -0.439 e. The third-order valence-electron chi connectivity index (χ3n) is 4.05. The second-order valence-corrected chi connectivity index (χ2v) is 7.68. The fourth-order valence-electron chi connectivity index (χ4n) is 2.52. The molecule has 2 aromatic heterocycles. The van der Waals surface area contributed by atoms with Gasteiger partial charge in [0, 0.05) is 19.2 Å². The summed E-state index contributed by atoms with van der Waals surface area (Å²) in [5.41, 5.74) is 0.0760. The molecule has 0 amide bonds. The quantitative estimate of drug-likeness (QED) is 0.433. The number of nitrogens with zero attached hydrogens (tertiary/aromatic N) is 4. The van der Waals surface area contributed by atoms with Gasteiger partial charge in [-0.15, -0.1) is 13.2 Å². The van der Waals surface area contributed by atoms with Crippen molar-refractivity contribution in [1.29, 1.82) is 0 Å². The Morgan fingerprint density at radius 1 is 1.15 bits per heavy atom. The number of nitrogens with one attached hydrogen (secondary N) is 1. The molecular formula is C19H17ClF3N5O4S. The van der Waals surface area contributed by atoms with Gasteiger partial charge in [-0.3, -0.25) is 4.79 Å². The highest BCUT2D eigenvalue weighted by Gasteiger charge is 2.31. The molecule has 0 unspecified atom stereocenters. The van der Waals surface area contributed by atoms with Crippen molar-refractivity contribution in [1.82, 2.24) is 19.1 Å². The first kappa shape index (κ1) is 24.5. The molecule has 33 heavy (non-hydrogen) atoms. The van der Waals surface area contributed by atoms with E-state index in [1.165, 1.54) is 41.0 Å². The fraction of sp³-hybridized carbons (Fsp3) is 0.211. The van der Waals surface area contributed by atoms with Crippen LogP contribution in [-0.2, 0) is 11.9 Å². The summed E-state index contributed by atoms with van der Waals surface area (Å²) in [5, 5.41) is 6.95. The van der Waals surface area contributed by atoms with Gasteiger partial charge in [-0.25, -0.2) is 13.5 Å². The van der Waals surface area contributed by atoms with Crippen LogP contribution in [0.25, 0.3) is 5.69 Å². The number of alkyl halides is 3. The Labute approximate surface area is 194 Å². The highest BCUT2D eigenvalue weighted by Crippen LogP contribution is 2.27. The number of halogens is 4. The first-order valence-electron chi connectivity index (χ1n) is 9.22. The van der Waals surface area contributed by atoms with E-state index in [4.69, 9.17) is 16.3 Å². The van der Waals surface area contributed by atoms with Gasteiger partial charge >= 0.3 is 6.36 Å². The molecule has 0 bridgehead atoms. The Balaban J connectivity index is 1.68. The van der Waals surface area contributed by atoms with Gasteiger partial charge in [0.2, 0.25) is 5.88 Å². The molecule has 176 valence electrons. The van der Waals surface area contributed by atoms with E-state index in [0.29, 0.717) is 24.5 Å². The highest BCUT2D eigenvalue weighted by molar-refractivity contribution is 7.62. The summed E-state index contributed by atoms with van der Waals surface area (Å²) >= 11 is 6.03. The first-order chi connectivity index (χ1) is 15.7. The van der Waals surface area contributed by atoms with Crippen LogP contribution in [0.15, 0.2) is 53.6 Å². The summed E-state index contributed by atoms with van der Waals surface area (Å²) in [5.74, 6) is -0.00133. The number of hydrogen-bond donors (Lipinski definition) is 2. The molecule has 0 fully saturated rings. The molecule has 1 N–H and O–H groups in total. The van der Waals surface area contributed by atoms with Crippen LogP contribution in [0.2, 0.25) is 5.02 Å². The van der Waals surface area contributed by atoms with Crippen LogP contribution >= 0.6 is 11.6 Å². The average molecular weight is 504 g/mol. The van der Waals surface area contributed by atoms with Crippen LogP contribution < -0.4 is 20.3 Å². The summed E-state index contributed by atoms with van der Waals surface area (Å²) in [6.07, 6.45) is -2.07. The Kier molecular flexibility index (Phi) is 7.89. The van der Waals surface area contributed by atoms with E-state index < -0.39 is 11.9 Å². The molecule has 0 spiro atoms. The SMILES string of the molecule is CN(CCNc1cnn(-c2ccc(Oc3ccc(OC(F)(F)F)cc3)nc2)c(=O)c1Cl)[SH]=O. The number of ether oxygens (including phenoxy) is 2. The molecule has 0 saturated heterocycles. The number of pyridine rings is 1. The van der Waals surface area contributed by atoms with Crippen molar-refractivity contribution in [3.05, 3.63) is 64.2 Å². The maximum Gasteiger partial charge on any atom is 0.573 e. The number of hydrogen-bond acceptors (Lipinski definition) is 7. The zero-order valence-electron chi connectivity index (χ0n) is 16.9. The molecule has 1 aromatic carbocycles. The minimum atomic E-state index is -4.78. The lowest BCUT2D eigenvalue weighted by molar-refractivity contribution is -0.274. The smallest absolute Gasteiger partial charge is 0.439 e. The number of benzene rings is 1. The summed E-state index contributed by atoms with van der Waals surface area (Å²) in [4.78, 5) is 16.6. The second-order valence-electron chi connectivity index (χ2n) is 6.45. The number of likely N-dealkylation sites (N-methyl/N-ethyl adjacent to an activating group) is 1. The predicted octanol–water partition coefficient (Wildman–Crippen LogP) is 3.18. The largest absolute Gasteiger partial charge is 0.573 e. The lowest BCUT2D eigenvalue weighted by Gasteiger charge is -2.12. The van der Waals surface area contributed by atoms with Crippen molar-refractivity contribution in [2.45, 2.75) is 6.36 Å². The lowest BCUT2D eigenvalue weighted by atomic mass is 10.3. The monoisotopic (exact) mass is 503 g/mol. The van der Waals surface area contributed by atoms with Crippen LogP contribution in [0.4, 0.5) is 18.9 Å². The summed E-state index contributed by atoms with van der Waals surface area (Å²) in [6.45, 7) is 0.849. The van der Waals surface area contributed by atoms with Crippen LogP contribution in [-0.4, -0.2) is 49.8 Å². The molecule has 0 radical (unpaired) electrons. The topological polar surface area (TPSA) is 98.6 Å². The van der Waals surface area contributed by atoms with Gasteiger partial charge in [0.25, 0.3) is 5.56 Å². The summed E-state index contributed by atoms with van der Waals surface area (Å²) < 4.78 is 59.2. The minimum absolute atomic E-state index is 0.0752. The van der Waals surface area contributed by atoms with Gasteiger partial charge in [-0.2, -0.15) is 9.78 Å². The van der Waals surface area contributed by atoms with Gasteiger partial charge in [-0.1, -0.05) is 11.6 Å². The van der Waals surface area contributed by atoms with Crippen molar-refractivity contribution in [2.24, 2.45) is 0 Å². The lowest BCUT2D eigenvalue weighted by Crippen LogP contribution is -2.25. The maximum absolute atomic E-state index is 12.6. The van der Waals surface area contributed by atoms with Gasteiger partial charge in [0.1, 0.15) is 16.5 Å². The number of anilines is 1.